The minimum absolute atomic E-state index is 0.178. The first-order valence-electron chi connectivity index (χ1n) is 10.7. The predicted molar refractivity (Wildman–Crippen MR) is 126 cm³/mol. The summed E-state index contributed by atoms with van der Waals surface area (Å²) in [5.41, 5.74) is 1.65. The number of nitrogens with zero attached hydrogens (tertiary/aromatic N) is 2. The minimum Gasteiger partial charge on any atom is -0.495 e. The molecule has 0 atom stereocenters. The molecule has 180 valence electrons. The van der Waals surface area contributed by atoms with Gasteiger partial charge < -0.3 is 24.1 Å². The zero-order valence-electron chi connectivity index (χ0n) is 19.4. The first-order valence-corrected chi connectivity index (χ1v) is 10.7. The number of benzene rings is 2. The average molecular weight is 477 g/mol. The number of anilines is 1. The Labute approximate surface area is 200 Å². The predicted octanol–water partition coefficient (Wildman–Crippen LogP) is 3.29. The Hall–Kier alpha value is -4.60. The van der Waals surface area contributed by atoms with E-state index in [1.165, 1.54) is 25.3 Å². The van der Waals surface area contributed by atoms with Crippen LogP contribution in [0.15, 0.2) is 63.9 Å². The molecule has 35 heavy (non-hydrogen) atoms. The summed E-state index contributed by atoms with van der Waals surface area (Å²) >= 11 is 0. The molecule has 0 fully saturated rings. The number of carbonyl (C=O) groups excluding carboxylic acids is 2. The van der Waals surface area contributed by atoms with Gasteiger partial charge in [-0.2, -0.15) is 0 Å². The smallest absolute Gasteiger partial charge is 0.338 e. The molecule has 0 aliphatic carbocycles. The summed E-state index contributed by atoms with van der Waals surface area (Å²) in [5.74, 6) is 0.372. The fourth-order valence-corrected chi connectivity index (χ4v) is 3.34. The number of aromatic nitrogens is 2. The Balaban J connectivity index is 1.42. The molecule has 1 amide bonds. The van der Waals surface area contributed by atoms with E-state index in [1.54, 1.807) is 25.1 Å². The lowest BCUT2D eigenvalue weighted by Crippen LogP contribution is -2.21. The number of nitrogens with one attached hydrogen (secondary N) is 1. The second-order valence-electron chi connectivity index (χ2n) is 7.73. The van der Waals surface area contributed by atoms with Crippen LogP contribution >= 0.6 is 0 Å². The molecule has 0 unspecified atom stereocenters. The number of aryl methyl sites for hydroxylation is 2. The third kappa shape index (κ3) is 5.67. The maximum absolute atomic E-state index is 12.6. The summed E-state index contributed by atoms with van der Waals surface area (Å²) in [6.07, 6.45) is 0. The molecule has 0 saturated carbocycles. The maximum Gasteiger partial charge on any atom is 0.338 e. The number of amides is 1. The monoisotopic (exact) mass is 477 g/mol. The van der Waals surface area contributed by atoms with Crippen LogP contribution < -0.4 is 20.3 Å². The Bertz CT molecular complexity index is 1460. The Morgan fingerprint density at radius 3 is 2.69 bits per heavy atom. The van der Waals surface area contributed by atoms with Crippen LogP contribution in [-0.2, 0) is 16.1 Å². The molecule has 4 rings (SSSR count). The largest absolute Gasteiger partial charge is 0.495 e. The van der Waals surface area contributed by atoms with Crippen LogP contribution in [0.3, 0.4) is 0 Å². The van der Waals surface area contributed by atoms with Gasteiger partial charge in [0, 0.05) is 12.1 Å². The van der Waals surface area contributed by atoms with E-state index >= 15 is 0 Å². The Kier molecular flexibility index (Phi) is 6.81. The van der Waals surface area contributed by atoms with Crippen molar-refractivity contribution in [3.63, 3.8) is 0 Å². The first-order chi connectivity index (χ1) is 16.8. The number of rotatable bonds is 8. The molecule has 0 aliphatic rings. The normalized spacial score (nSPS) is 10.7. The molecule has 4 aromatic rings. The van der Waals surface area contributed by atoms with E-state index in [0.717, 1.165) is 10.1 Å². The number of hydrogen-bond donors (Lipinski definition) is 1. The third-order valence-corrected chi connectivity index (χ3v) is 4.94. The van der Waals surface area contributed by atoms with Crippen LogP contribution in [0.4, 0.5) is 5.69 Å². The zero-order valence-corrected chi connectivity index (χ0v) is 19.4. The average Bonchev–Trinajstić information content (AvgIpc) is 3.22. The SMILES string of the molecule is COc1ccc(C(=O)OCc2cc(=O)n3oc(C)cc3n2)cc1NC(=O)COc1cccc(C)c1. The molecule has 2 aromatic heterocycles. The van der Waals surface area contributed by atoms with Gasteiger partial charge in [-0.25, -0.2) is 9.78 Å². The van der Waals surface area contributed by atoms with Gasteiger partial charge in [0.1, 0.15) is 23.9 Å². The highest BCUT2D eigenvalue weighted by Crippen LogP contribution is 2.26. The van der Waals surface area contributed by atoms with E-state index in [-0.39, 0.29) is 30.2 Å². The van der Waals surface area contributed by atoms with Crippen molar-refractivity contribution in [3.8, 4) is 11.5 Å². The van der Waals surface area contributed by atoms with Gasteiger partial charge in [0.05, 0.1) is 24.1 Å². The van der Waals surface area contributed by atoms with E-state index < -0.39 is 17.4 Å². The molecule has 10 heteroatoms. The van der Waals surface area contributed by atoms with Crippen LogP contribution in [0.25, 0.3) is 5.65 Å². The van der Waals surface area contributed by atoms with Gasteiger partial charge in [-0.1, -0.05) is 12.1 Å². The van der Waals surface area contributed by atoms with Crippen molar-refractivity contribution in [2.45, 2.75) is 20.5 Å². The van der Waals surface area contributed by atoms with Gasteiger partial charge in [-0.15, -0.1) is 4.57 Å². The lowest BCUT2D eigenvalue weighted by Gasteiger charge is -2.13. The zero-order chi connectivity index (χ0) is 24.9. The molecule has 0 radical (unpaired) electrons. The lowest BCUT2D eigenvalue weighted by atomic mass is 10.2. The molecule has 0 bridgehead atoms. The van der Waals surface area contributed by atoms with Gasteiger partial charge in [-0.3, -0.25) is 9.59 Å². The molecule has 0 spiro atoms. The quantitative estimate of drug-likeness (QED) is 0.384. The first kappa shape index (κ1) is 23.6. The summed E-state index contributed by atoms with van der Waals surface area (Å²) in [6.45, 7) is 3.18. The number of methoxy groups -OCH3 is 1. The molecule has 1 N–H and O–H groups in total. The van der Waals surface area contributed by atoms with E-state index in [9.17, 15) is 14.4 Å². The van der Waals surface area contributed by atoms with Gasteiger partial charge in [0.2, 0.25) is 0 Å². The van der Waals surface area contributed by atoms with Crippen LogP contribution in [0.1, 0.15) is 27.4 Å². The lowest BCUT2D eigenvalue weighted by molar-refractivity contribution is -0.118. The molecule has 0 saturated heterocycles. The summed E-state index contributed by atoms with van der Waals surface area (Å²) in [5, 5.41) is 2.68. The summed E-state index contributed by atoms with van der Waals surface area (Å²) < 4.78 is 22.4. The topological polar surface area (TPSA) is 121 Å². The minimum atomic E-state index is -0.662. The van der Waals surface area contributed by atoms with Gasteiger partial charge in [0.15, 0.2) is 12.3 Å². The van der Waals surface area contributed by atoms with Crippen molar-refractivity contribution >= 4 is 23.2 Å². The summed E-state index contributed by atoms with van der Waals surface area (Å²) in [4.78, 5) is 41.4. The van der Waals surface area contributed by atoms with Crippen molar-refractivity contribution in [2.24, 2.45) is 0 Å². The molecule has 10 nitrogen and oxygen atoms in total. The molecule has 0 aliphatic heterocycles. The molecule has 2 heterocycles. The van der Waals surface area contributed by atoms with Crippen LogP contribution in [0.5, 0.6) is 11.5 Å². The van der Waals surface area contributed by atoms with Crippen LogP contribution in [0, 0.1) is 13.8 Å². The van der Waals surface area contributed by atoms with E-state index in [2.05, 4.69) is 10.3 Å². The summed E-state index contributed by atoms with van der Waals surface area (Å²) in [7, 11) is 1.45. The molecular formula is C25H23N3O7. The number of hydrogen-bond acceptors (Lipinski definition) is 8. The van der Waals surface area contributed by atoms with E-state index in [4.69, 9.17) is 18.7 Å². The Morgan fingerprint density at radius 2 is 1.91 bits per heavy atom. The third-order valence-electron chi connectivity index (χ3n) is 4.94. The maximum atomic E-state index is 12.6. The summed E-state index contributed by atoms with van der Waals surface area (Å²) in [6, 6.07) is 14.7. The number of fused-ring (bicyclic) bond motifs is 1. The molecular weight excluding hydrogens is 454 g/mol. The fourth-order valence-electron chi connectivity index (χ4n) is 3.34. The van der Waals surface area contributed by atoms with Gasteiger partial charge in [0.25, 0.3) is 11.5 Å². The van der Waals surface area contributed by atoms with Crippen molar-refractivity contribution < 1.29 is 28.3 Å². The van der Waals surface area contributed by atoms with E-state index in [0.29, 0.717) is 22.9 Å². The van der Waals surface area contributed by atoms with E-state index in [1.807, 2.05) is 25.1 Å². The van der Waals surface area contributed by atoms with Crippen molar-refractivity contribution in [1.82, 2.24) is 9.56 Å². The van der Waals surface area contributed by atoms with Gasteiger partial charge in [-0.05, 0) is 49.7 Å². The van der Waals surface area contributed by atoms with Crippen molar-refractivity contribution in [3.05, 3.63) is 87.5 Å². The highest BCUT2D eigenvalue weighted by Gasteiger charge is 2.15. The highest BCUT2D eigenvalue weighted by molar-refractivity contribution is 5.96. The fraction of sp³-hybridized carbons (Fsp3) is 0.200. The second kappa shape index (κ2) is 10.1. The standard InChI is InChI=1S/C25H23N3O7/c1-15-5-4-6-19(9-15)33-14-23(29)27-20-11-17(7-8-21(20)32-3)25(31)34-13-18-12-24(30)28-22(26-18)10-16(2)35-28/h4-12H,13-14H2,1-3H3,(H,27,29). The number of carbonyl (C=O) groups is 2. The van der Waals surface area contributed by atoms with Crippen molar-refractivity contribution in [1.29, 1.82) is 0 Å². The number of ether oxygens (including phenoxy) is 3. The highest BCUT2D eigenvalue weighted by atomic mass is 16.5. The van der Waals surface area contributed by atoms with Gasteiger partial charge >= 0.3 is 5.97 Å². The van der Waals surface area contributed by atoms with Crippen molar-refractivity contribution in [2.75, 3.05) is 19.0 Å². The Morgan fingerprint density at radius 1 is 1.09 bits per heavy atom. The second-order valence-corrected chi connectivity index (χ2v) is 7.73. The van der Waals surface area contributed by atoms with Crippen LogP contribution in [0.2, 0.25) is 0 Å². The van der Waals surface area contributed by atoms with Crippen LogP contribution in [-0.4, -0.2) is 35.2 Å². The molecule has 2 aromatic carbocycles. The number of esters is 1.